The fourth-order valence-electron chi connectivity index (χ4n) is 8.09. The Labute approximate surface area is 308 Å². The molecule has 1 aliphatic carbocycles. The van der Waals surface area contributed by atoms with Crippen LogP contribution < -0.4 is 4.90 Å². The fraction of sp³-hybridized carbons (Fsp3) is 0.130. The molecule has 0 aliphatic heterocycles. The summed E-state index contributed by atoms with van der Waals surface area (Å²) in [5, 5.41) is 11.7. The number of para-hydroxylation sites is 1. The number of carbonyl (C=O) groups is 1. The average Bonchev–Trinajstić information content (AvgIpc) is 3.88. The van der Waals surface area contributed by atoms with E-state index in [1.807, 2.05) is 12.1 Å². The summed E-state index contributed by atoms with van der Waals surface area (Å²) in [6.07, 6.45) is 3.39. The van der Waals surface area contributed by atoms with Gasteiger partial charge >= 0.3 is 5.97 Å². The Kier molecular flexibility index (Phi) is 8.37. The predicted octanol–water partition coefficient (Wildman–Crippen LogP) is 12.5. The smallest absolute Gasteiger partial charge is 0.333 e. The van der Waals surface area contributed by atoms with Crippen LogP contribution in [0.1, 0.15) is 42.7 Å². The number of thiophene rings is 1. The first-order valence-corrected chi connectivity index (χ1v) is 18.4. The number of aromatic nitrogens is 1. The van der Waals surface area contributed by atoms with E-state index in [-0.39, 0.29) is 11.1 Å². The second-order valence-corrected chi connectivity index (χ2v) is 14.4. The molecule has 0 saturated carbocycles. The number of fused-ring (bicyclic) bond motifs is 4. The lowest BCUT2D eigenvalue weighted by molar-refractivity contribution is -0.132. The van der Waals surface area contributed by atoms with Crippen LogP contribution in [0.4, 0.5) is 17.1 Å². The molecule has 1 N–H and O–H groups in total. The summed E-state index contributed by atoms with van der Waals surface area (Å²) in [6.45, 7) is 11.8. The highest BCUT2D eigenvalue weighted by Gasteiger charge is 2.41. The minimum absolute atomic E-state index is 0.147. The minimum atomic E-state index is -1.21. The molecule has 5 nitrogen and oxygen atoms in total. The molecule has 7 aromatic rings. The highest BCUT2D eigenvalue weighted by molar-refractivity contribution is 7.16. The number of aliphatic carboxylic acids is 1. The van der Waals surface area contributed by atoms with Crippen molar-refractivity contribution in [1.82, 2.24) is 4.57 Å². The Morgan fingerprint density at radius 3 is 2.23 bits per heavy atom. The van der Waals surface area contributed by atoms with Crippen molar-refractivity contribution in [2.45, 2.75) is 32.1 Å². The molecule has 0 unspecified atom stereocenters. The van der Waals surface area contributed by atoms with Crippen LogP contribution in [0.15, 0.2) is 139 Å². The van der Waals surface area contributed by atoms with Crippen LogP contribution in [0.25, 0.3) is 54.6 Å². The van der Waals surface area contributed by atoms with Crippen molar-refractivity contribution in [3.63, 3.8) is 0 Å². The van der Waals surface area contributed by atoms with Crippen LogP contribution in [0.2, 0.25) is 0 Å². The van der Waals surface area contributed by atoms with Gasteiger partial charge in [-0.2, -0.15) is 0 Å². The minimum Gasteiger partial charge on any atom is -0.486 e. The Morgan fingerprint density at radius 2 is 1.48 bits per heavy atom. The van der Waals surface area contributed by atoms with Crippen molar-refractivity contribution in [1.29, 1.82) is 0 Å². The average molecular weight is 696 g/mol. The van der Waals surface area contributed by atoms with Crippen LogP contribution in [0.3, 0.4) is 0 Å². The number of hydrogen-bond donors (Lipinski definition) is 1. The van der Waals surface area contributed by atoms with E-state index in [9.17, 15) is 9.90 Å². The number of carboxylic acid groups (broad SMARTS) is 1. The van der Waals surface area contributed by atoms with Crippen molar-refractivity contribution >= 4 is 51.2 Å². The van der Waals surface area contributed by atoms with Gasteiger partial charge in [0.15, 0.2) is 0 Å². The van der Waals surface area contributed by atoms with Crippen LogP contribution in [-0.4, -0.2) is 15.6 Å². The third-order valence-electron chi connectivity index (χ3n) is 10.7. The molecule has 5 aromatic carbocycles. The molecule has 52 heavy (non-hydrogen) atoms. The number of anilines is 3. The van der Waals surface area contributed by atoms with Gasteiger partial charge in [0.2, 0.25) is 0 Å². The van der Waals surface area contributed by atoms with E-state index in [1.54, 1.807) is 0 Å². The largest absolute Gasteiger partial charge is 0.486 e. The maximum atomic E-state index is 11.4. The topological polar surface area (TPSA) is 49.8 Å². The van der Waals surface area contributed by atoms with Gasteiger partial charge in [-0.25, -0.2) is 4.85 Å². The summed E-state index contributed by atoms with van der Waals surface area (Å²) >= 11 is 1.48. The third kappa shape index (κ3) is 5.33. The molecule has 254 valence electrons. The lowest BCUT2D eigenvalue weighted by atomic mass is 9.73. The molecule has 2 aromatic heterocycles. The zero-order valence-electron chi connectivity index (χ0n) is 29.3. The molecule has 0 spiro atoms. The summed E-state index contributed by atoms with van der Waals surface area (Å²) in [5.74, 6) is -1.21. The molecule has 0 amide bonds. The second kappa shape index (κ2) is 13.2. The normalized spacial score (nSPS) is 13.1. The maximum absolute atomic E-state index is 11.4. The van der Waals surface area contributed by atoms with Gasteiger partial charge in [-0.15, -0.1) is 11.3 Å². The standard InChI is InChI=1S/C46H37N3O2S/c1-5-46(6-2)38-27-31(41-24-25-43(48(41)4)44-26-21-34(52-44)29-40(47-3)45(50)51)19-22-36(38)37-23-20-33(28-39(37)46)49(32-15-8-7-9-16-32)42-18-12-14-30-13-10-11-17-35(30)42/h7-29H,5-6H2,1-2,4H3,(H,50,51)/b40-29-. The van der Waals surface area contributed by atoms with Gasteiger partial charge in [-0.1, -0.05) is 86.6 Å². The summed E-state index contributed by atoms with van der Waals surface area (Å²) in [4.78, 5) is 18.7. The van der Waals surface area contributed by atoms with Gasteiger partial charge in [-0.3, -0.25) is 4.79 Å². The molecule has 2 heterocycles. The maximum Gasteiger partial charge on any atom is 0.333 e. The molecular weight excluding hydrogens is 659 g/mol. The zero-order valence-corrected chi connectivity index (χ0v) is 30.1. The Morgan fingerprint density at radius 1 is 0.788 bits per heavy atom. The van der Waals surface area contributed by atoms with Gasteiger partial charge in [0, 0.05) is 39.8 Å². The number of nitrogens with zero attached hydrogens (tertiary/aromatic N) is 3. The highest BCUT2D eigenvalue weighted by Crippen LogP contribution is 2.55. The summed E-state index contributed by atoms with van der Waals surface area (Å²) in [7, 11) is 2.08. The number of benzene rings is 5. The van der Waals surface area contributed by atoms with Crippen molar-refractivity contribution in [2.24, 2.45) is 7.05 Å². The molecule has 0 atom stereocenters. The zero-order chi connectivity index (χ0) is 36.0. The van der Waals surface area contributed by atoms with Crippen molar-refractivity contribution in [2.75, 3.05) is 4.90 Å². The highest BCUT2D eigenvalue weighted by atomic mass is 32.1. The summed E-state index contributed by atoms with van der Waals surface area (Å²) < 4.78 is 2.20. The Hall–Kier alpha value is -6.16. The van der Waals surface area contributed by atoms with Crippen LogP contribution in [0.5, 0.6) is 0 Å². The predicted molar refractivity (Wildman–Crippen MR) is 215 cm³/mol. The SMILES string of the molecule is [C-]#[N+]/C(=C\c1ccc(-c2ccc(-c3ccc4c(c3)C(CC)(CC)c3cc(N(c5ccccc5)c5cccc6ccccc56)ccc3-4)n2C)s1)C(=O)O. The molecular formula is C46H37N3O2S. The lowest BCUT2D eigenvalue weighted by Gasteiger charge is -2.32. The second-order valence-electron chi connectivity index (χ2n) is 13.3. The molecule has 6 heteroatoms. The van der Waals surface area contributed by atoms with Crippen molar-refractivity contribution in [3.05, 3.63) is 167 Å². The monoisotopic (exact) mass is 695 g/mol. The van der Waals surface area contributed by atoms with E-state index in [0.29, 0.717) is 0 Å². The summed E-state index contributed by atoms with van der Waals surface area (Å²) in [6, 6.07) is 47.9. The quantitative estimate of drug-likeness (QED) is 0.121. The number of carboxylic acids is 1. The fourth-order valence-corrected chi connectivity index (χ4v) is 9.10. The van der Waals surface area contributed by atoms with Gasteiger partial charge < -0.3 is 14.6 Å². The first kappa shape index (κ1) is 33.0. The van der Waals surface area contributed by atoms with Gasteiger partial charge in [0.05, 0.1) is 22.8 Å². The first-order chi connectivity index (χ1) is 25.4. The van der Waals surface area contributed by atoms with Gasteiger partial charge in [0.25, 0.3) is 5.70 Å². The molecule has 1 aliphatic rings. The van der Waals surface area contributed by atoms with E-state index in [4.69, 9.17) is 6.57 Å². The van der Waals surface area contributed by atoms with Gasteiger partial charge in [-0.05, 0) is 113 Å². The molecule has 0 saturated heterocycles. The van der Waals surface area contributed by atoms with Crippen LogP contribution in [0, 0.1) is 6.57 Å². The van der Waals surface area contributed by atoms with Gasteiger partial charge in [0.1, 0.15) is 0 Å². The van der Waals surface area contributed by atoms with E-state index in [2.05, 4.69) is 157 Å². The molecule has 8 rings (SSSR count). The van der Waals surface area contributed by atoms with E-state index in [1.165, 1.54) is 50.4 Å². The van der Waals surface area contributed by atoms with Crippen molar-refractivity contribution < 1.29 is 9.90 Å². The van der Waals surface area contributed by atoms with E-state index < -0.39 is 5.97 Å². The lowest BCUT2D eigenvalue weighted by Crippen LogP contribution is -2.23. The molecule has 0 radical (unpaired) electrons. The molecule has 0 fully saturated rings. The Balaban J connectivity index is 1.21. The van der Waals surface area contributed by atoms with Crippen LogP contribution in [-0.2, 0) is 17.3 Å². The number of rotatable bonds is 9. The molecule has 0 bridgehead atoms. The van der Waals surface area contributed by atoms with E-state index >= 15 is 0 Å². The number of hydrogen-bond acceptors (Lipinski definition) is 3. The van der Waals surface area contributed by atoms with E-state index in [0.717, 1.165) is 56.6 Å². The first-order valence-electron chi connectivity index (χ1n) is 17.6. The summed E-state index contributed by atoms with van der Waals surface area (Å²) in [5.41, 5.74) is 11.6. The Bertz CT molecular complexity index is 2560. The van der Waals surface area contributed by atoms with Crippen LogP contribution >= 0.6 is 11.3 Å². The third-order valence-corrected chi connectivity index (χ3v) is 11.8. The van der Waals surface area contributed by atoms with Crippen molar-refractivity contribution in [3.8, 4) is 33.0 Å².